The molecule has 0 spiro atoms. The Morgan fingerprint density at radius 1 is 1.33 bits per heavy atom. The number of halogens is 3. The molecule has 0 N–H and O–H groups in total. The standard InChI is InChI=1S/C14H18BrClFNO2S/c1-18(12-5-3-2-4-6-12)21(19,20)13-8-11(15)7-10(9-16)14(13)17/h7-8,12H,2-6,9H2,1H3. The van der Waals surface area contributed by atoms with Crippen LogP contribution in [-0.4, -0.2) is 25.8 Å². The Labute approximate surface area is 138 Å². The zero-order valence-corrected chi connectivity index (χ0v) is 14.9. The normalized spacial score (nSPS) is 17.4. The average molecular weight is 399 g/mol. The second-order valence-corrected chi connectivity index (χ2v) is 8.47. The first-order chi connectivity index (χ1) is 9.87. The molecular formula is C14H18BrClFNO2S. The van der Waals surface area contributed by atoms with Crippen LogP contribution in [0.2, 0.25) is 0 Å². The summed E-state index contributed by atoms with van der Waals surface area (Å²) in [6.07, 6.45) is 4.81. The van der Waals surface area contributed by atoms with Crippen molar-refractivity contribution in [2.75, 3.05) is 7.05 Å². The molecule has 7 heteroatoms. The monoisotopic (exact) mass is 397 g/mol. The van der Waals surface area contributed by atoms with Crippen molar-refractivity contribution in [2.24, 2.45) is 0 Å². The van der Waals surface area contributed by atoms with Crippen LogP contribution < -0.4 is 0 Å². The number of hydrogen-bond acceptors (Lipinski definition) is 2. The zero-order valence-electron chi connectivity index (χ0n) is 11.8. The second kappa shape index (κ2) is 6.94. The SMILES string of the molecule is CN(C1CCCCC1)S(=O)(=O)c1cc(Br)cc(CCl)c1F. The zero-order chi connectivity index (χ0) is 15.6. The predicted molar refractivity (Wildman–Crippen MR) is 85.5 cm³/mol. The number of nitrogens with zero attached hydrogens (tertiary/aromatic N) is 1. The molecule has 0 heterocycles. The topological polar surface area (TPSA) is 37.4 Å². The van der Waals surface area contributed by atoms with Crippen molar-refractivity contribution in [3.05, 3.63) is 28.0 Å². The summed E-state index contributed by atoms with van der Waals surface area (Å²) in [5.41, 5.74) is 0.182. The van der Waals surface area contributed by atoms with Gasteiger partial charge in [-0.1, -0.05) is 35.2 Å². The lowest BCUT2D eigenvalue weighted by atomic mass is 9.96. The van der Waals surface area contributed by atoms with Gasteiger partial charge in [0.2, 0.25) is 10.0 Å². The van der Waals surface area contributed by atoms with Gasteiger partial charge in [-0.3, -0.25) is 0 Å². The van der Waals surface area contributed by atoms with E-state index in [1.165, 1.54) is 23.5 Å². The van der Waals surface area contributed by atoms with Gasteiger partial charge in [0.05, 0.1) is 5.88 Å². The molecule has 3 nitrogen and oxygen atoms in total. The maximum atomic E-state index is 14.4. The van der Waals surface area contributed by atoms with E-state index in [2.05, 4.69) is 15.9 Å². The third-order valence-electron chi connectivity index (χ3n) is 3.97. The van der Waals surface area contributed by atoms with E-state index in [-0.39, 0.29) is 22.4 Å². The van der Waals surface area contributed by atoms with Crippen molar-refractivity contribution in [3.63, 3.8) is 0 Å². The molecule has 118 valence electrons. The van der Waals surface area contributed by atoms with Gasteiger partial charge < -0.3 is 0 Å². The number of alkyl halides is 1. The van der Waals surface area contributed by atoms with E-state index in [0.717, 1.165) is 32.1 Å². The van der Waals surface area contributed by atoms with Gasteiger partial charge in [-0.25, -0.2) is 12.8 Å². The lowest BCUT2D eigenvalue weighted by Gasteiger charge is -2.30. The van der Waals surface area contributed by atoms with E-state index in [4.69, 9.17) is 11.6 Å². The molecule has 1 aromatic carbocycles. The van der Waals surface area contributed by atoms with Crippen molar-refractivity contribution in [3.8, 4) is 0 Å². The summed E-state index contributed by atoms with van der Waals surface area (Å²) >= 11 is 8.90. The maximum absolute atomic E-state index is 14.4. The van der Waals surface area contributed by atoms with Crippen LogP contribution >= 0.6 is 27.5 Å². The molecular weight excluding hydrogens is 381 g/mol. The highest BCUT2D eigenvalue weighted by atomic mass is 79.9. The Kier molecular flexibility index (Phi) is 5.68. The smallest absolute Gasteiger partial charge is 0.207 e. The molecule has 0 unspecified atom stereocenters. The summed E-state index contributed by atoms with van der Waals surface area (Å²) < 4.78 is 41.6. The van der Waals surface area contributed by atoms with Gasteiger partial charge in [0.25, 0.3) is 0 Å². The highest BCUT2D eigenvalue weighted by molar-refractivity contribution is 9.10. The average Bonchev–Trinajstić information content (AvgIpc) is 2.49. The van der Waals surface area contributed by atoms with Gasteiger partial charge in [-0.05, 0) is 25.0 Å². The van der Waals surface area contributed by atoms with Crippen LogP contribution in [0.4, 0.5) is 4.39 Å². The molecule has 0 radical (unpaired) electrons. The summed E-state index contributed by atoms with van der Waals surface area (Å²) in [4.78, 5) is -0.305. The molecule has 2 rings (SSSR count). The van der Waals surface area contributed by atoms with Crippen LogP contribution in [0.25, 0.3) is 0 Å². The largest absolute Gasteiger partial charge is 0.246 e. The fraction of sp³-hybridized carbons (Fsp3) is 0.571. The fourth-order valence-electron chi connectivity index (χ4n) is 2.70. The number of hydrogen-bond donors (Lipinski definition) is 0. The molecule has 0 aliphatic heterocycles. The van der Waals surface area contributed by atoms with Crippen molar-refractivity contribution in [2.45, 2.75) is 48.9 Å². The quantitative estimate of drug-likeness (QED) is 0.710. The lowest BCUT2D eigenvalue weighted by Crippen LogP contribution is -2.38. The summed E-state index contributed by atoms with van der Waals surface area (Å²) in [7, 11) is -2.32. The van der Waals surface area contributed by atoms with Gasteiger partial charge in [-0.15, -0.1) is 11.6 Å². The summed E-state index contributed by atoms with van der Waals surface area (Å²) in [5.74, 6) is -0.822. The van der Waals surface area contributed by atoms with Crippen molar-refractivity contribution in [1.82, 2.24) is 4.31 Å². The van der Waals surface area contributed by atoms with Gasteiger partial charge in [0, 0.05) is 23.1 Å². The molecule has 0 saturated heterocycles. The highest BCUT2D eigenvalue weighted by Crippen LogP contribution is 2.30. The number of rotatable bonds is 4. The minimum Gasteiger partial charge on any atom is -0.207 e. The van der Waals surface area contributed by atoms with Crippen LogP contribution in [0.5, 0.6) is 0 Å². The number of sulfonamides is 1. The molecule has 1 saturated carbocycles. The third kappa shape index (κ3) is 3.60. The van der Waals surface area contributed by atoms with Crippen LogP contribution in [0.3, 0.4) is 0 Å². The van der Waals surface area contributed by atoms with Crippen LogP contribution in [0, 0.1) is 5.82 Å². The summed E-state index contributed by atoms with van der Waals surface area (Å²) in [5, 5.41) is 0. The molecule has 1 aliphatic rings. The van der Waals surface area contributed by atoms with Crippen LogP contribution in [-0.2, 0) is 15.9 Å². The van der Waals surface area contributed by atoms with E-state index in [0.29, 0.717) is 4.47 Å². The van der Waals surface area contributed by atoms with Crippen molar-refractivity contribution in [1.29, 1.82) is 0 Å². The van der Waals surface area contributed by atoms with Crippen LogP contribution in [0.15, 0.2) is 21.5 Å². The second-order valence-electron chi connectivity index (χ2n) is 5.32. The lowest BCUT2D eigenvalue weighted by molar-refractivity contribution is 0.285. The molecule has 0 bridgehead atoms. The predicted octanol–water partition coefficient (Wildman–Crippen LogP) is 4.28. The van der Waals surface area contributed by atoms with E-state index in [1.807, 2.05) is 0 Å². The Hall–Kier alpha value is -0.170. The molecule has 0 amide bonds. The Morgan fingerprint density at radius 2 is 1.95 bits per heavy atom. The van der Waals surface area contributed by atoms with E-state index in [9.17, 15) is 12.8 Å². The third-order valence-corrected chi connectivity index (χ3v) is 6.62. The summed E-state index contributed by atoms with van der Waals surface area (Å²) in [6, 6.07) is 2.75. The Morgan fingerprint density at radius 3 is 2.52 bits per heavy atom. The maximum Gasteiger partial charge on any atom is 0.246 e. The Balaban J connectivity index is 2.41. The molecule has 21 heavy (non-hydrogen) atoms. The fourth-order valence-corrected chi connectivity index (χ4v) is 5.10. The van der Waals surface area contributed by atoms with Crippen molar-refractivity contribution >= 4 is 37.6 Å². The van der Waals surface area contributed by atoms with Crippen LogP contribution in [0.1, 0.15) is 37.7 Å². The first-order valence-electron chi connectivity index (χ1n) is 6.90. The minimum absolute atomic E-state index is 0.0541. The summed E-state index contributed by atoms with van der Waals surface area (Å²) in [6.45, 7) is 0. The van der Waals surface area contributed by atoms with Crippen molar-refractivity contribution < 1.29 is 12.8 Å². The molecule has 1 aromatic rings. The van der Waals surface area contributed by atoms with E-state index < -0.39 is 15.8 Å². The molecule has 1 aliphatic carbocycles. The van der Waals surface area contributed by atoms with E-state index >= 15 is 0 Å². The first-order valence-corrected chi connectivity index (χ1v) is 9.66. The first kappa shape index (κ1) is 17.2. The highest BCUT2D eigenvalue weighted by Gasteiger charge is 2.32. The number of benzene rings is 1. The Bertz CT molecular complexity index is 618. The molecule has 1 fully saturated rings. The van der Waals surface area contributed by atoms with Gasteiger partial charge in [-0.2, -0.15) is 4.31 Å². The molecule has 0 atom stereocenters. The van der Waals surface area contributed by atoms with Gasteiger partial charge >= 0.3 is 0 Å². The van der Waals surface area contributed by atoms with E-state index in [1.54, 1.807) is 0 Å². The van der Waals surface area contributed by atoms with Gasteiger partial charge in [0.15, 0.2) is 0 Å². The minimum atomic E-state index is -3.85. The molecule has 0 aromatic heterocycles. The van der Waals surface area contributed by atoms with Gasteiger partial charge in [0.1, 0.15) is 10.7 Å².